The minimum absolute atomic E-state index is 0.262. The first-order valence-electron chi connectivity index (χ1n) is 7.30. The van der Waals surface area contributed by atoms with Crippen LogP contribution in [0.5, 0.6) is 0 Å². The van der Waals surface area contributed by atoms with Crippen LogP contribution in [0.15, 0.2) is 54.6 Å². The SMILES string of the molecule is CCCC(=O)OCC(=O)Nc1ccccc1-c1ccccc1. The molecule has 0 aliphatic carbocycles. The fourth-order valence-corrected chi connectivity index (χ4v) is 2.07. The number of ether oxygens (including phenoxy) is 1. The Morgan fingerprint density at radius 1 is 1.00 bits per heavy atom. The number of esters is 1. The van der Waals surface area contributed by atoms with Crippen LogP contribution >= 0.6 is 0 Å². The van der Waals surface area contributed by atoms with Gasteiger partial charge in [0.05, 0.1) is 0 Å². The van der Waals surface area contributed by atoms with E-state index in [1.54, 1.807) is 0 Å². The van der Waals surface area contributed by atoms with Gasteiger partial charge in [-0.15, -0.1) is 0 Å². The highest BCUT2D eigenvalue weighted by Gasteiger charge is 2.10. The van der Waals surface area contributed by atoms with Gasteiger partial charge in [0, 0.05) is 17.7 Å². The monoisotopic (exact) mass is 297 g/mol. The number of carbonyl (C=O) groups excluding carboxylic acids is 2. The topological polar surface area (TPSA) is 55.4 Å². The van der Waals surface area contributed by atoms with Gasteiger partial charge >= 0.3 is 5.97 Å². The lowest BCUT2D eigenvalue weighted by Gasteiger charge is -2.11. The van der Waals surface area contributed by atoms with Crippen molar-refractivity contribution in [1.82, 2.24) is 0 Å². The van der Waals surface area contributed by atoms with Gasteiger partial charge in [-0.2, -0.15) is 0 Å². The molecule has 0 unspecified atom stereocenters. The van der Waals surface area contributed by atoms with Gasteiger partial charge in [0.25, 0.3) is 5.91 Å². The smallest absolute Gasteiger partial charge is 0.306 e. The molecule has 2 aromatic rings. The minimum atomic E-state index is -0.353. The molecule has 4 nitrogen and oxygen atoms in total. The normalized spacial score (nSPS) is 10.0. The lowest BCUT2D eigenvalue weighted by Crippen LogP contribution is -2.21. The van der Waals surface area contributed by atoms with Crippen LogP contribution in [0.25, 0.3) is 11.1 Å². The molecule has 4 heteroatoms. The van der Waals surface area contributed by atoms with Crippen molar-refractivity contribution in [3.05, 3.63) is 54.6 Å². The Hall–Kier alpha value is -2.62. The van der Waals surface area contributed by atoms with Crippen molar-refractivity contribution in [2.45, 2.75) is 19.8 Å². The molecule has 0 heterocycles. The molecule has 114 valence electrons. The molecular formula is C18H19NO3. The van der Waals surface area contributed by atoms with Gasteiger partial charge in [-0.1, -0.05) is 55.5 Å². The molecule has 0 bridgehead atoms. The van der Waals surface area contributed by atoms with Crippen LogP contribution in [0.3, 0.4) is 0 Å². The maximum absolute atomic E-state index is 11.9. The minimum Gasteiger partial charge on any atom is -0.456 e. The van der Waals surface area contributed by atoms with Gasteiger partial charge < -0.3 is 10.1 Å². The summed E-state index contributed by atoms with van der Waals surface area (Å²) in [6, 6.07) is 17.3. The largest absolute Gasteiger partial charge is 0.456 e. The van der Waals surface area contributed by atoms with Gasteiger partial charge in [-0.05, 0) is 18.1 Å². The van der Waals surface area contributed by atoms with Crippen molar-refractivity contribution in [3.8, 4) is 11.1 Å². The summed E-state index contributed by atoms with van der Waals surface area (Å²) in [4.78, 5) is 23.2. The first-order chi connectivity index (χ1) is 10.7. The molecule has 0 aliphatic heterocycles. The quantitative estimate of drug-likeness (QED) is 0.828. The number of hydrogen-bond donors (Lipinski definition) is 1. The van der Waals surface area contributed by atoms with Gasteiger partial charge in [0.1, 0.15) is 0 Å². The van der Waals surface area contributed by atoms with E-state index in [4.69, 9.17) is 4.74 Å². The third-order valence-corrected chi connectivity index (χ3v) is 3.10. The number of rotatable bonds is 6. The number of amides is 1. The summed E-state index contributed by atoms with van der Waals surface area (Å²) in [5, 5.41) is 2.79. The first kappa shape index (κ1) is 15.8. The van der Waals surface area contributed by atoms with Gasteiger partial charge in [-0.25, -0.2) is 0 Å². The molecule has 2 aromatic carbocycles. The zero-order valence-electron chi connectivity index (χ0n) is 12.5. The van der Waals surface area contributed by atoms with Crippen LogP contribution in [0.1, 0.15) is 19.8 Å². The zero-order chi connectivity index (χ0) is 15.8. The van der Waals surface area contributed by atoms with Gasteiger partial charge in [0.15, 0.2) is 6.61 Å². The standard InChI is InChI=1S/C18H19NO3/c1-2-8-18(21)22-13-17(20)19-16-12-7-6-11-15(16)14-9-4-3-5-10-14/h3-7,9-12H,2,8,13H2,1H3,(H,19,20). The highest BCUT2D eigenvalue weighted by molar-refractivity contribution is 5.96. The maximum Gasteiger partial charge on any atom is 0.306 e. The van der Waals surface area contributed by atoms with E-state index in [9.17, 15) is 9.59 Å². The molecule has 0 atom stereocenters. The Morgan fingerprint density at radius 3 is 2.41 bits per heavy atom. The third-order valence-electron chi connectivity index (χ3n) is 3.10. The fourth-order valence-electron chi connectivity index (χ4n) is 2.07. The maximum atomic E-state index is 11.9. The van der Waals surface area contributed by atoms with E-state index in [0.29, 0.717) is 18.5 Å². The second kappa shape index (κ2) is 7.98. The number of para-hydroxylation sites is 1. The van der Waals surface area contributed by atoms with Crippen molar-refractivity contribution in [2.24, 2.45) is 0 Å². The summed E-state index contributed by atoms with van der Waals surface area (Å²) in [5.41, 5.74) is 2.64. The van der Waals surface area contributed by atoms with Crippen LogP contribution in [-0.2, 0) is 14.3 Å². The van der Waals surface area contributed by atoms with Crippen molar-refractivity contribution in [2.75, 3.05) is 11.9 Å². The lowest BCUT2D eigenvalue weighted by atomic mass is 10.0. The number of anilines is 1. The molecule has 0 aliphatic rings. The highest BCUT2D eigenvalue weighted by Crippen LogP contribution is 2.27. The lowest BCUT2D eigenvalue weighted by molar-refractivity contribution is -0.147. The molecular weight excluding hydrogens is 278 g/mol. The van der Waals surface area contributed by atoms with Crippen LogP contribution in [-0.4, -0.2) is 18.5 Å². The highest BCUT2D eigenvalue weighted by atomic mass is 16.5. The number of hydrogen-bond acceptors (Lipinski definition) is 3. The van der Waals surface area contributed by atoms with Crippen molar-refractivity contribution in [1.29, 1.82) is 0 Å². The summed E-state index contributed by atoms with van der Waals surface area (Å²) in [6.07, 6.45) is 1.03. The van der Waals surface area contributed by atoms with E-state index in [1.807, 2.05) is 61.5 Å². The summed E-state index contributed by atoms with van der Waals surface area (Å²) < 4.78 is 4.91. The fraction of sp³-hybridized carbons (Fsp3) is 0.222. The van der Waals surface area contributed by atoms with E-state index < -0.39 is 0 Å². The van der Waals surface area contributed by atoms with E-state index in [0.717, 1.165) is 11.1 Å². The Balaban J connectivity index is 2.04. The molecule has 0 radical (unpaired) electrons. The van der Waals surface area contributed by atoms with Crippen molar-refractivity contribution < 1.29 is 14.3 Å². The molecule has 0 saturated heterocycles. The molecule has 22 heavy (non-hydrogen) atoms. The van der Waals surface area contributed by atoms with E-state index >= 15 is 0 Å². The first-order valence-corrected chi connectivity index (χ1v) is 7.30. The molecule has 0 spiro atoms. The van der Waals surface area contributed by atoms with Gasteiger partial charge in [-0.3, -0.25) is 9.59 Å². The summed E-state index contributed by atoms with van der Waals surface area (Å²) >= 11 is 0. The second-order valence-corrected chi connectivity index (χ2v) is 4.87. The molecule has 2 rings (SSSR count). The average molecular weight is 297 g/mol. The molecule has 1 amide bonds. The predicted octanol–water partition coefficient (Wildman–Crippen LogP) is 3.64. The number of benzene rings is 2. The molecule has 0 saturated carbocycles. The summed E-state index contributed by atoms with van der Waals surface area (Å²) in [5.74, 6) is -0.693. The van der Waals surface area contributed by atoms with Crippen molar-refractivity contribution >= 4 is 17.6 Å². The van der Waals surface area contributed by atoms with Crippen LogP contribution in [0.2, 0.25) is 0 Å². The van der Waals surface area contributed by atoms with Gasteiger partial charge in [0.2, 0.25) is 0 Å². The average Bonchev–Trinajstić information content (AvgIpc) is 2.55. The molecule has 0 aromatic heterocycles. The van der Waals surface area contributed by atoms with Crippen LogP contribution < -0.4 is 5.32 Å². The predicted molar refractivity (Wildman–Crippen MR) is 86.4 cm³/mol. The summed E-state index contributed by atoms with van der Waals surface area (Å²) in [6.45, 7) is 1.62. The molecule has 1 N–H and O–H groups in total. The third kappa shape index (κ3) is 4.45. The van der Waals surface area contributed by atoms with E-state index in [-0.39, 0.29) is 18.5 Å². The Morgan fingerprint density at radius 2 is 1.68 bits per heavy atom. The number of carbonyl (C=O) groups is 2. The number of nitrogens with one attached hydrogen (secondary N) is 1. The second-order valence-electron chi connectivity index (χ2n) is 4.87. The zero-order valence-corrected chi connectivity index (χ0v) is 12.5. The van der Waals surface area contributed by atoms with Crippen LogP contribution in [0.4, 0.5) is 5.69 Å². The summed E-state index contributed by atoms with van der Waals surface area (Å²) in [7, 11) is 0. The van der Waals surface area contributed by atoms with Crippen LogP contribution in [0, 0.1) is 0 Å². The molecule has 0 fully saturated rings. The van der Waals surface area contributed by atoms with Crippen molar-refractivity contribution in [3.63, 3.8) is 0 Å². The van der Waals surface area contributed by atoms with E-state index in [2.05, 4.69) is 5.32 Å². The Bertz CT molecular complexity index is 638. The van der Waals surface area contributed by atoms with E-state index in [1.165, 1.54) is 0 Å². The Labute approximate surface area is 130 Å². The Kier molecular flexibility index (Phi) is 5.72.